The van der Waals surface area contributed by atoms with Crippen LogP contribution in [0.3, 0.4) is 0 Å². The molecule has 1 aromatic heterocycles. The molecule has 2 fully saturated rings. The molecule has 4 heterocycles. The number of ether oxygens (including phenoxy) is 3. The maximum Gasteiger partial charge on any atom is 0.325 e. The van der Waals surface area contributed by atoms with E-state index in [9.17, 15) is 18.7 Å². The monoisotopic (exact) mass is 573 g/mol. The molecule has 224 valence electrons. The second kappa shape index (κ2) is 13.0. The smallest absolute Gasteiger partial charge is 0.325 e. The van der Waals surface area contributed by atoms with Crippen LogP contribution in [-0.4, -0.2) is 72.7 Å². The first kappa shape index (κ1) is 29.7. The molecule has 0 bridgehead atoms. The molecule has 3 aliphatic rings. The van der Waals surface area contributed by atoms with Crippen molar-refractivity contribution in [1.82, 2.24) is 9.88 Å². The van der Waals surface area contributed by atoms with E-state index in [-0.39, 0.29) is 12.7 Å². The van der Waals surface area contributed by atoms with Crippen LogP contribution in [-0.2, 0) is 27.1 Å². The normalized spacial score (nSPS) is 25.4. The number of pyridine rings is 1. The van der Waals surface area contributed by atoms with Gasteiger partial charge in [0, 0.05) is 43.6 Å². The molecule has 1 aromatic carbocycles. The lowest BCUT2D eigenvalue weighted by atomic mass is 9.89. The number of anilines is 1. The molecule has 0 aliphatic carbocycles. The number of alkyl halides is 1. The maximum absolute atomic E-state index is 14.4. The molecule has 4 atom stereocenters. The third kappa shape index (κ3) is 7.16. The van der Waals surface area contributed by atoms with Crippen LogP contribution in [0.25, 0.3) is 0 Å². The van der Waals surface area contributed by atoms with Crippen molar-refractivity contribution in [2.45, 2.75) is 82.2 Å². The number of nitrogens with one attached hydrogen (secondary N) is 1. The summed E-state index contributed by atoms with van der Waals surface area (Å²) in [6.07, 6.45) is 5.48. The zero-order valence-corrected chi connectivity index (χ0v) is 24.0. The lowest BCUT2D eigenvalue weighted by molar-refractivity contribution is -0.143. The predicted octanol–water partition coefficient (Wildman–Crippen LogP) is 5.41. The molecule has 0 saturated carbocycles. The highest BCUT2D eigenvalue weighted by Gasteiger charge is 2.38. The third-order valence-electron chi connectivity index (χ3n) is 8.41. The van der Waals surface area contributed by atoms with Gasteiger partial charge < -0.3 is 24.6 Å². The number of rotatable bonds is 11. The van der Waals surface area contributed by atoms with Crippen LogP contribution in [0.2, 0.25) is 0 Å². The van der Waals surface area contributed by atoms with Crippen molar-refractivity contribution in [1.29, 1.82) is 0 Å². The number of likely N-dealkylation sites (tertiary alicyclic amines) is 1. The van der Waals surface area contributed by atoms with Crippen molar-refractivity contribution >= 4 is 11.8 Å². The number of carboxylic acids is 1. The van der Waals surface area contributed by atoms with E-state index in [1.807, 2.05) is 11.0 Å². The predicted molar refractivity (Wildman–Crippen MR) is 151 cm³/mol. The van der Waals surface area contributed by atoms with E-state index in [4.69, 9.17) is 19.2 Å². The average Bonchev–Trinajstić information content (AvgIpc) is 3.41. The zero-order valence-electron chi connectivity index (χ0n) is 24.0. The van der Waals surface area contributed by atoms with Crippen LogP contribution in [0.5, 0.6) is 5.75 Å². The minimum atomic E-state index is -1.41. The van der Waals surface area contributed by atoms with E-state index in [2.05, 4.69) is 5.32 Å². The third-order valence-corrected chi connectivity index (χ3v) is 8.41. The summed E-state index contributed by atoms with van der Waals surface area (Å²) in [5, 5.41) is 13.6. The Morgan fingerprint density at radius 3 is 2.93 bits per heavy atom. The number of carbonyl (C=O) groups is 1. The Kier molecular flexibility index (Phi) is 9.41. The molecule has 5 rings (SSSR count). The second-order valence-corrected chi connectivity index (χ2v) is 11.7. The summed E-state index contributed by atoms with van der Waals surface area (Å²) in [7, 11) is 1.70. The fraction of sp³-hybridized carbons (Fsp3) is 0.613. The maximum atomic E-state index is 14.4. The first-order valence-corrected chi connectivity index (χ1v) is 14.7. The summed E-state index contributed by atoms with van der Waals surface area (Å²) >= 11 is 0. The van der Waals surface area contributed by atoms with Crippen LogP contribution >= 0.6 is 0 Å². The van der Waals surface area contributed by atoms with E-state index in [1.54, 1.807) is 13.2 Å². The van der Waals surface area contributed by atoms with Crippen molar-refractivity contribution < 1.29 is 32.9 Å². The van der Waals surface area contributed by atoms with Crippen molar-refractivity contribution in [2.75, 3.05) is 45.3 Å². The van der Waals surface area contributed by atoms with Gasteiger partial charge in [-0.3, -0.25) is 9.69 Å². The molecule has 0 amide bonds. The van der Waals surface area contributed by atoms with Crippen LogP contribution in [0.1, 0.15) is 80.0 Å². The number of aryl methyl sites for hydroxylation is 1. The largest absolute Gasteiger partial charge is 0.496 e. The second-order valence-electron chi connectivity index (χ2n) is 11.7. The molecule has 8 nitrogen and oxygen atoms in total. The lowest BCUT2D eigenvalue weighted by Crippen LogP contribution is -2.36. The molecule has 41 heavy (non-hydrogen) atoms. The number of hydrogen-bond donors (Lipinski definition) is 2. The first-order valence-electron chi connectivity index (χ1n) is 14.7. The molecule has 2 N–H and O–H groups in total. The van der Waals surface area contributed by atoms with E-state index < -0.39 is 29.6 Å². The molecule has 2 unspecified atom stereocenters. The number of benzene rings is 1. The van der Waals surface area contributed by atoms with E-state index in [0.717, 1.165) is 61.5 Å². The highest BCUT2D eigenvalue weighted by molar-refractivity contribution is 5.76. The Labute approximate surface area is 240 Å². The quantitative estimate of drug-likeness (QED) is 0.345. The zero-order chi connectivity index (χ0) is 29.0. The number of fused-ring (bicyclic) bond motifs is 1. The van der Waals surface area contributed by atoms with Gasteiger partial charge in [-0.2, -0.15) is 0 Å². The lowest BCUT2D eigenvalue weighted by Gasteiger charge is -2.34. The van der Waals surface area contributed by atoms with E-state index >= 15 is 0 Å². The molecular formula is C31H41F2N3O5. The molecule has 3 aliphatic heterocycles. The number of unbranched alkanes of at least 4 members (excludes halogenated alkanes) is 1. The number of hydrogen-bond acceptors (Lipinski definition) is 7. The molecule has 0 spiro atoms. The number of halogens is 2. The minimum Gasteiger partial charge on any atom is -0.496 e. The number of aliphatic carboxylic acids is 1. The van der Waals surface area contributed by atoms with Gasteiger partial charge in [0.25, 0.3) is 0 Å². The van der Waals surface area contributed by atoms with Crippen molar-refractivity contribution in [3.05, 3.63) is 52.5 Å². The van der Waals surface area contributed by atoms with Crippen molar-refractivity contribution in [3.8, 4) is 5.75 Å². The van der Waals surface area contributed by atoms with Gasteiger partial charge in [0.15, 0.2) is 0 Å². The molecule has 2 aromatic rings. The SMILES string of the molecule is COc1cc(CCCCO[C@@H]2CCN([C@H](C(=O)O)c3cc(F)ccc3C3CCC(C)(F)CO3)C2)nc2c1CCCN2. The minimum absolute atomic E-state index is 0.0706. The standard InChI is InChI=1S/C31H41F2N3O5/c1-31(33)12-10-26(41-19-31)23-9-8-20(32)16-25(23)28(30(37)38)36-14-11-22(18-36)40-15-4-3-6-21-17-27(39-2)24-7-5-13-34-29(24)35-21/h8-9,16-17,22,26,28H,3-7,10-15,18-19H2,1-2H3,(H,34,35)(H,37,38)/t22-,26?,28+,31?/m1/s1. The van der Waals surface area contributed by atoms with Gasteiger partial charge in [-0.25, -0.2) is 13.8 Å². The van der Waals surface area contributed by atoms with Gasteiger partial charge in [-0.05, 0) is 81.5 Å². The molecular weight excluding hydrogens is 532 g/mol. The van der Waals surface area contributed by atoms with Gasteiger partial charge in [0.05, 0.1) is 25.9 Å². The van der Waals surface area contributed by atoms with Crippen LogP contribution in [0.4, 0.5) is 14.6 Å². The molecule has 2 saturated heterocycles. The summed E-state index contributed by atoms with van der Waals surface area (Å²) < 4.78 is 46.2. The van der Waals surface area contributed by atoms with Gasteiger partial charge >= 0.3 is 5.97 Å². The average molecular weight is 574 g/mol. The van der Waals surface area contributed by atoms with Crippen LogP contribution in [0, 0.1) is 5.82 Å². The summed E-state index contributed by atoms with van der Waals surface area (Å²) in [6, 6.07) is 5.18. The van der Waals surface area contributed by atoms with E-state index in [1.165, 1.54) is 19.1 Å². The summed E-state index contributed by atoms with van der Waals surface area (Å²) in [5.74, 6) is 0.268. The van der Waals surface area contributed by atoms with Crippen LogP contribution in [0.15, 0.2) is 24.3 Å². The molecule has 0 radical (unpaired) electrons. The van der Waals surface area contributed by atoms with Gasteiger partial charge in [0.1, 0.15) is 29.1 Å². The van der Waals surface area contributed by atoms with Gasteiger partial charge in [-0.1, -0.05) is 6.07 Å². The summed E-state index contributed by atoms with van der Waals surface area (Å²) in [6.45, 7) is 3.89. The van der Waals surface area contributed by atoms with Crippen LogP contribution < -0.4 is 10.1 Å². The Morgan fingerprint density at radius 1 is 1.32 bits per heavy atom. The number of methoxy groups -OCH3 is 1. The summed E-state index contributed by atoms with van der Waals surface area (Å²) in [5.41, 5.74) is 1.71. The fourth-order valence-corrected chi connectivity index (χ4v) is 6.22. The highest BCUT2D eigenvalue weighted by atomic mass is 19.1. The highest BCUT2D eigenvalue weighted by Crippen LogP contribution is 2.39. The topological polar surface area (TPSA) is 93.2 Å². The molecule has 10 heteroatoms. The fourth-order valence-electron chi connectivity index (χ4n) is 6.22. The Bertz CT molecular complexity index is 1200. The van der Waals surface area contributed by atoms with Gasteiger partial charge in [0.2, 0.25) is 0 Å². The summed E-state index contributed by atoms with van der Waals surface area (Å²) in [4.78, 5) is 19.1. The van der Waals surface area contributed by atoms with Gasteiger partial charge in [-0.15, -0.1) is 0 Å². The number of nitrogens with zero attached hydrogens (tertiary/aromatic N) is 2. The van der Waals surface area contributed by atoms with Crippen molar-refractivity contribution in [2.24, 2.45) is 0 Å². The Balaban J connectivity index is 1.15. The van der Waals surface area contributed by atoms with Crippen molar-refractivity contribution in [3.63, 3.8) is 0 Å². The number of carboxylic acid groups (broad SMARTS) is 1. The Hall–Kier alpha value is -2.82. The first-order chi connectivity index (χ1) is 19.7. The van der Waals surface area contributed by atoms with E-state index in [0.29, 0.717) is 50.1 Å². The number of aromatic nitrogens is 1. The Morgan fingerprint density at radius 2 is 2.17 bits per heavy atom.